The van der Waals surface area contributed by atoms with Gasteiger partial charge in [0.1, 0.15) is 0 Å². The van der Waals surface area contributed by atoms with E-state index in [-0.39, 0.29) is 6.42 Å². The van der Waals surface area contributed by atoms with E-state index in [0.717, 1.165) is 0 Å². The predicted molar refractivity (Wildman–Crippen MR) is 65.3 cm³/mol. The van der Waals surface area contributed by atoms with Crippen LogP contribution in [0.5, 0.6) is 11.5 Å². The first-order chi connectivity index (χ1) is 8.49. The molecular weight excluding hydrogens is 236 g/mol. The highest BCUT2D eigenvalue weighted by atomic mass is 16.5. The molecule has 18 heavy (non-hydrogen) atoms. The van der Waals surface area contributed by atoms with Gasteiger partial charge in [-0.05, 0) is 17.7 Å². The summed E-state index contributed by atoms with van der Waals surface area (Å²) < 4.78 is 10.2. The maximum absolute atomic E-state index is 11.3. The van der Waals surface area contributed by atoms with E-state index in [0.29, 0.717) is 17.1 Å². The second kappa shape index (κ2) is 5.90. The van der Waals surface area contributed by atoms with E-state index in [9.17, 15) is 9.59 Å². The van der Waals surface area contributed by atoms with Crippen molar-refractivity contribution in [3.8, 4) is 11.5 Å². The maximum Gasteiger partial charge on any atom is 0.225 e. The molecule has 0 bridgehead atoms. The van der Waals surface area contributed by atoms with Crippen LogP contribution in [0.15, 0.2) is 18.2 Å². The van der Waals surface area contributed by atoms with Crippen molar-refractivity contribution in [2.24, 2.45) is 11.5 Å². The van der Waals surface area contributed by atoms with Crippen LogP contribution in [-0.2, 0) is 9.59 Å². The Labute approximate surface area is 105 Å². The van der Waals surface area contributed by atoms with E-state index in [1.807, 2.05) is 0 Å². The molecule has 0 aliphatic rings. The number of ether oxygens (including phenoxy) is 2. The van der Waals surface area contributed by atoms with Gasteiger partial charge in [-0.1, -0.05) is 6.07 Å². The van der Waals surface area contributed by atoms with Gasteiger partial charge in [0.2, 0.25) is 11.8 Å². The molecule has 6 heteroatoms. The number of carbonyl (C=O) groups excluding carboxylic acids is 2. The van der Waals surface area contributed by atoms with Crippen molar-refractivity contribution in [3.05, 3.63) is 23.8 Å². The first kappa shape index (κ1) is 13.8. The van der Waals surface area contributed by atoms with Gasteiger partial charge < -0.3 is 20.9 Å². The minimum Gasteiger partial charge on any atom is -0.493 e. The van der Waals surface area contributed by atoms with Crippen LogP contribution in [0, 0.1) is 0 Å². The van der Waals surface area contributed by atoms with Gasteiger partial charge in [0.15, 0.2) is 11.5 Å². The fraction of sp³-hybridized carbons (Fsp3) is 0.333. The van der Waals surface area contributed by atoms with Crippen molar-refractivity contribution in [2.75, 3.05) is 14.2 Å². The molecule has 2 amide bonds. The molecule has 0 radical (unpaired) electrons. The second-order valence-corrected chi connectivity index (χ2v) is 3.74. The molecule has 4 N–H and O–H groups in total. The largest absolute Gasteiger partial charge is 0.493 e. The van der Waals surface area contributed by atoms with Gasteiger partial charge in [-0.3, -0.25) is 9.59 Å². The monoisotopic (exact) mass is 252 g/mol. The molecule has 1 aromatic carbocycles. The zero-order chi connectivity index (χ0) is 13.7. The Morgan fingerprint density at radius 1 is 1.17 bits per heavy atom. The highest BCUT2D eigenvalue weighted by Gasteiger charge is 2.21. The summed E-state index contributed by atoms with van der Waals surface area (Å²) >= 11 is 0. The summed E-state index contributed by atoms with van der Waals surface area (Å²) in [5, 5.41) is 0. The Morgan fingerprint density at radius 2 is 1.78 bits per heavy atom. The average molecular weight is 252 g/mol. The van der Waals surface area contributed by atoms with Crippen molar-refractivity contribution < 1.29 is 19.1 Å². The van der Waals surface area contributed by atoms with Crippen molar-refractivity contribution in [3.63, 3.8) is 0 Å². The Bertz CT molecular complexity index is 459. The molecule has 0 spiro atoms. The van der Waals surface area contributed by atoms with E-state index in [1.54, 1.807) is 18.2 Å². The number of carbonyl (C=O) groups is 2. The summed E-state index contributed by atoms with van der Waals surface area (Å²) in [6.45, 7) is 0. The lowest BCUT2D eigenvalue weighted by Crippen LogP contribution is -2.26. The zero-order valence-corrected chi connectivity index (χ0v) is 10.3. The first-order valence-electron chi connectivity index (χ1n) is 5.29. The van der Waals surface area contributed by atoms with Crippen LogP contribution in [0.2, 0.25) is 0 Å². The Balaban J connectivity index is 3.13. The third kappa shape index (κ3) is 3.13. The Morgan fingerprint density at radius 3 is 2.22 bits per heavy atom. The van der Waals surface area contributed by atoms with Crippen molar-refractivity contribution >= 4 is 11.8 Å². The van der Waals surface area contributed by atoms with Crippen LogP contribution in [0.4, 0.5) is 0 Å². The molecular formula is C12H16N2O4. The van der Waals surface area contributed by atoms with Gasteiger partial charge in [0, 0.05) is 6.42 Å². The summed E-state index contributed by atoms with van der Waals surface area (Å²) in [6.07, 6.45) is -0.134. The third-order valence-corrected chi connectivity index (χ3v) is 2.56. The third-order valence-electron chi connectivity index (χ3n) is 2.56. The lowest BCUT2D eigenvalue weighted by Gasteiger charge is -2.14. The topological polar surface area (TPSA) is 105 Å². The quantitative estimate of drug-likeness (QED) is 0.751. The normalized spacial score (nSPS) is 11.7. The minimum absolute atomic E-state index is 0.134. The number of benzene rings is 1. The molecule has 1 aromatic rings. The fourth-order valence-electron chi connectivity index (χ4n) is 1.65. The molecule has 0 aromatic heterocycles. The van der Waals surface area contributed by atoms with Crippen molar-refractivity contribution in [1.29, 1.82) is 0 Å². The minimum atomic E-state index is -0.762. The maximum atomic E-state index is 11.3. The molecule has 1 rings (SSSR count). The van der Waals surface area contributed by atoms with Crippen molar-refractivity contribution in [1.82, 2.24) is 0 Å². The number of hydrogen-bond acceptors (Lipinski definition) is 4. The molecule has 0 aliphatic carbocycles. The number of amides is 2. The zero-order valence-electron chi connectivity index (χ0n) is 10.3. The molecule has 1 unspecified atom stereocenters. The predicted octanol–water partition coefficient (Wildman–Crippen LogP) is 0.148. The highest BCUT2D eigenvalue weighted by molar-refractivity contribution is 5.88. The Kier molecular flexibility index (Phi) is 4.53. The molecule has 0 fully saturated rings. The van der Waals surface area contributed by atoms with E-state index in [1.165, 1.54) is 14.2 Å². The van der Waals surface area contributed by atoms with E-state index in [2.05, 4.69) is 0 Å². The van der Waals surface area contributed by atoms with E-state index in [4.69, 9.17) is 20.9 Å². The van der Waals surface area contributed by atoms with Gasteiger partial charge in [-0.2, -0.15) is 0 Å². The molecule has 98 valence electrons. The molecule has 6 nitrogen and oxygen atoms in total. The first-order valence-corrected chi connectivity index (χ1v) is 5.29. The molecule has 0 aliphatic heterocycles. The number of hydrogen-bond donors (Lipinski definition) is 2. The van der Waals surface area contributed by atoms with Crippen LogP contribution in [0.1, 0.15) is 17.9 Å². The highest BCUT2D eigenvalue weighted by Crippen LogP contribution is 2.31. The lowest BCUT2D eigenvalue weighted by molar-refractivity contribution is -0.124. The standard InChI is InChI=1S/C12H16N2O4/c1-17-9-4-3-7(5-10(9)18-2)8(12(14)16)6-11(13)15/h3-5,8H,6H2,1-2H3,(H2,13,15)(H2,14,16). The van der Waals surface area contributed by atoms with Crippen LogP contribution < -0.4 is 20.9 Å². The summed E-state index contributed by atoms with van der Waals surface area (Å²) in [4.78, 5) is 22.3. The van der Waals surface area contributed by atoms with Gasteiger partial charge in [0.05, 0.1) is 20.1 Å². The number of methoxy groups -OCH3 is 2. The van der Waals surface area contributed by atoms with Gasteiger partial charge in [0.25, 0.3) is 0 Å². The number of primary amides is 2. The lowest BCUT2D eigenvalue weighted by atomic mass is 9.94. The summed E-state index contributed by atoms with van der Waals surface area (Å²) in [6, 6.07) is 4.90. The smallest absolute Gasteiger partial charge is 0.225 e. The van der Waals surface area contributed by atoms with Crippen LogP contribution >= 0.6 is 0 Å². The van der Waals surface area contributed by atoms with E-state index >= 15 is 0 Å². The van der Waals surface area contributed by atoms with Crippen molar-refractivity contribution in [2.45, 2.75) is 12.3 Å². The number of rotatable bonds is 6. The van der Waals surface area contributed by atoms with E-state index < -0.39 is 17.7 Å². The molecule has 0 saturated carbocycles. The average Bonchev–Trinajstić information content (AvgIpc) is 2.34. The van der Waals surface area contributed by atoms with Crippen LogP contribution in [-0.4, -0.2) is 26.0 Å². The summed E-state index contributed by atoms with van der Waals surface area (Å²) in [5.74, 6) is -0.967. The van der Waals surface area contributed by atoms with Gasteiger partial charge in [-0.15, -0.1) is 0 Å². The molecule has 1 atom stereocenters. The van der Waals surface area contributed by atoms with Crippen LogP contribution in [0.25, 0.3) is 0 Å². The molecule has 0 saturated heterocycles. The Hall–Kier alpha value is -2.24. The molecule has 0 heterocycles. The summed E-state index contributed by atoms with van der Waals surface area (Å²) in [7, 11) is 2.99. The SMILES string of the molecule is COc1ccc(C(CC(N)=O)C(N)=O)cc1OC. The number of nitrogens with two attached hydrogens (primary N) is 2. The summed E-state index contributed by atoms with van der Waals surface area (Å²) in [5.41, 5.74) is 10.9. The fourth-order valence-corrected chi connectivity index (χ4v) is 1.65. The van der Waals surface area contributed by atoms with Crippen LogP contribution in [0.3, 0.4) is 0 Å². The second-order valence-electron chi connectivity index (χ2n) is 3.74. The van der Waals surface area contributed by atoms with Gasteiger partial charge >= 0.3 is 0 Å². The van der Waals surface area contributed by atoms with Gasteiger partial charge in [-0.25, -0.2) is 0 Å².